The molecule has 42 heavy (non-hydrogen) atoms. The SMILES string of the molecule is Cl.Cl.Nc1ccc([C@@H](O)CNCCc2ccc(-c3ccc(C(=O)NS(=O)(=O)CCCO)c(C4CCCC4)c3)cc2)cc1. The van der Waals surface area contributed by atoms with Gasteiger partial charge in [-0.2, -0.15) is 0 Å². The number of hydrogen-bond donors (Lipinski definition) is 5. The van der Waals surface area contributed by atoms with E-state index >= 15 is 0 Å². The summed E-state index contributed by atoms with van der Waals surface area (Å²) >= 11 is 0. The summed E-state index contributed by atoms with van der Waals surface area (Å²) in [5.41, 5.74) is 11.7. The molecule has 0 aliphatic heterocycles. The molecular formula is C31H41Cl2N3O5S. The number of carbonyl (C=O) groups excluding carboxylic acids is 1. The monoisotopic (exact) mass is 637 g/mol. The van der Waals surface area contributed by atoms with Crippen LogP contribution in [0.15, 0.2) is 66.7 Å². The van der Waals surface area contributed by atoms with Gasteiger partial charge in [0.2, 0.25) is 10.0 Å². The van der Waals surface area contributed by atoms with E-state index in [0.717, 1.165) is 60.9 Å². The van der Waals surface area contributed by atoms with E-state index in [2.05, 4.69) is 34.3 Å². The van der Waals surface area contributed by atoms with Crippen LogP contribution in [-0.2, 0) is 16.4 Å². The van der Waals surface area contributed by atoms with Crippen LogP contribution in [-0.4, -0.2) is 50.0 Å². The van der Waals surface area contributed by atoms with Crippen molar-refractivity contribution in [3.8, 4) is 11.1 Å². The van der Waals surface area contributed by atoms with Gasteiger partial charge in [-0.05, 0) is 84.2 Å². The van der Waals surface area contributed by atoms with E-state index in [4.69, 9.17) is 10.8 Å². The summed E-state index contributed by atoms with van der Waals surface area (Å²) in [7, 11) is -3.81. The average Bonchev–Trinajstić information content (AvgIpc) is 3.49. The van der Waals surface area contributed by atoms with Gasteiger partial charge in [-0.1, -0.05) is 61.4 Å². The molecule has 0 saturated heterocycles. The van der Waals surface area contributed by atoms with Crippen LogP contribution in [0.3, 0.4) is 0 Å². The molecular weight excluding hydrogens is 597 g/mol. The maximum absolute atomic E-state index is 13.0. The fraction of sp³-hybridized carbons (Fsp3) is 0.387. The highest BCUT2D eigenvalue weighted by Crippen LogP contribution is 2.38. The fourth-order valence-electron chi connectivity index (χ4n) is 5.20. The molecule has 6 N–H and O–H groups in total. The Bertz CT molecular complexity index is 1380. The maximum atomic E-state index is 13.0. The molecule has 11 heteroatoms. The summed E-state index contributed by atoms with van der Waals surface area (Å²) in [6, 6.07) is 21.1. The predicted molar refractivity (Wildman–Crippen MR) is 173 cm³/mol. The summed E-state index contributed by atoms with van der Waals surface area (Å²) in [6.45, 7) is 0.927. The van der Waals surface area contributed by atoms with Gasteiger partial charge in [0.1, 0.15) is 0 Å². The molecule has 0 aromatic heterocycles. The molecule has 1 atom stereocenters. The molecule has 1 aliphatic carbocycles. The highest BCUT2D eigenvalue weighted by atomic mass is 35.5. The van der Waals surface area contributed by atoms with Crippen molar-refractivity contribution < 1.29 is 23.4 Å². The third kappa shape index (κ3) is 9.97. The van der Waals surface area contributed by atoms with Gasteiger partial charge < -0.3 is 21.3 Å². The molecule has 0 bridgehead atoms. The summed E-state index contributed by atoms with van der Waals surface area (Å²) in [4.78, 5) is 13.0. The lowest BCUT2D eigenvalue weighted by molar-refractivity contribution is 0.0980. The van der Waals surface area contributed by atoms with Crippen LogP contribution in [0.1, 0.15) is 71.2 Å². The van der Waals surface area contributed by atoms with E-state index < -0.39 is 22.0 Å². The molecule has 0 radical (unpaired) electrons. The van der Waals surface area contributed by atoms with Crippen LogP contribution in [0, 0.1) is 0 Å². The van der Waals surface area contributed by atoms with Crippen molar-refractivity contribution in [3.05, 3.63) is 89.0 Å². The molecule has 0 spiro atoms. The topological polar surface area (TPSA) is 142 Å². The molecule has 3 aromatic rings. The van der Waals surface area contributed by atoms with Crippen molar-refractivity contribution in [2.24, 2.45) is 0 Å². The highest BCUT2D eigenvalue weighted by molar-refractivity contribution is 7.90. The second-order valence-corrected chi connectivity index (χ2v) is 12.3. The van der Waals surface area contributed by atoms with Crippen LogP contribution in [0.2, 0.25) is 0 Å². The number of amides is 1. The number of halogens is 2. The number of carbonyl (C=O) groups is 1. The summed E-state index contributed by atoms with van der Waals surface area (Å²) in [6.07, 6.45) is 4.41. The Morgan fingerprint density at radius 3 is 2.24 bits per heavy atom. The van der Waals surface area contributed by atoms with Gasteiger partial charge >= 0.3 is 0 Å². The minimum Gasteiger partial charge on any atom is -0.399 e. The largest absolute Gasteiger partial charge is 0.399 e. The van der Waals surface area contributed by atoms with Crippen LogP contribution in [0.4, 0.5) is 5.69 Å². The second-order valence-electron chi connectivity index (χ2n) is 10.4. The van der Waals surface area contributed by atoms with Gasteiger partial charge in [0.15, 0.2) is 0 Å². The molecule has 8 nitrogen and oxygen atoms in total. The smallest absolute Gasteiger partial charge is 0.265 e. The number of benzene rings is 3. The molecule has 1 fully saturated rings. The number of nitrogens with two attached hydrogens (primary N) is 1. The zero-order chi connectivity index (χ0) is 28.5. The number of aliphatic hydroxyl groups is 2. The molecule has 1 aliphatic rings. The Labute approximate surface area is 261 Å². The number of rotatable bonds is 13. The molecule has 230 valence electrons. The normalized spacial score (nSPS) is 14.0. The standard InChI is InChI=1S/C31H39N3O5S.2ClH/c32-27-13-10-25(11-14-27)30(36)21-33-17-16-22-6-8-23(9-7-22)26-12-15-28(29(20-26)24-4-1-2-5-24)31(37)34-40(38,39)19-3-18-35;;/h6-15,20,24,30,33,35-36H,1-5,16-19,21,32H2,(H,34,37);2*1H/t30-;;/m0../s1. The van der Waals surface area contributed by atoms with Gasteiger partial charge in [-0.3, -0.25) is 4.79 Å². The third-order valence-electron chi connectivity index (χ3n) is 7.45. The van der Waals surface area contributed by atoms with E-state index in [9.17, 15) is 18.3 Å². The summed E-state index contributed by atoms with van der Waals surface area (Å²) in [5, 5.41) is 22.6. The Morgan fingerprint density at radius 2 is 1.60 bits per heavy atom. The lowest BCUT2D eigenvalue weighted by Gasteiger charge is -2.17. The zero-order valence-corrected chi connectivity index (χ0v) is 25.9. The fourth-order valence-corrected chi connectivity index (χ4v) is 6.20. The predicted octanol–water partition coefficient (Wildman–Crippen LogP) is 4.74. The first-order valence-corrected chi connectivity index (χ1v) is 15.5. The number of nitrogens with one attached hydrogen (secondary N) is 2. The molecule has 3 aromatic carbocycles. The average molecular weight is 639 g/mol. The molecule has 0 unspecified atom stereocenters. The van der Waals surface area contributed by atoms with Crippen molar-refractivity contribution >= 4 is 46.4 Å². The van der Waals surface area contributed by atoms with Crippen molar-refractivity contribution in [2.75, 3.05) is 31.2 Å². The van der Waals surface area contributed by atoms with Crippen molar-refractivity contribution in [1.29, 1.82) is 0 Å². The highest BCUT2D eigenvalue weighted by Gasteiger charge is 2.25. The lowest BCUT2D eigenvalue weighted by Crippen LogP contribution is -2.33. The Morgan fingerprint density at radius 1 is 0.952 bits per heavy atom. The van der Waals surface area contributed by atoms with Crippen LogP contribution >= 0.6 is 24.8 Å². The van der Waals surface area contributed by atoms with Gasteiger partial charge in [0.25, 0.3) is 5.91 Å². The lowest BCUT2D eigenvalue weighted by atomic mass is 9.89. The number of aliphatic hydroxyl groups excluding tert-OH is 2. The van der Waals surface area contributed by atoms with Crippen molar-refractivity contribution in [1.82, 2.24) is 10.0 Å². The number of sulfonamides is 1. The Balaban J connectivity index is 0.00000308. The first-order chi connectivity index (χ1) is 19.3. The van der Waals surface area contributed by atoms with Crippen molar-refractivity contribution in [2.45, 2.75) is 50.5 Å². The molecule has 1 saturated carbocycles. The van der Waals surface area contributed by atoms with Crippen LogP contribution in [0.5, 0.6) is 0 Å². The van der Waals surface area contributed by atoms with Crippen LogP contribution in [0.25, 0.3) is 11.1 Å². The number of anilines is 1. The quantitative estimate of drug-likeness (QED) is 0.135. The van der Waals surface area contributed by atoms with Crippen molar-refractivity contribution in [3.63, 3.8) is 0 Å². The number of nitrogen functional groups attached to an aromatic ring is 1. The number of hydrogen-bond acceptors (Lipinski definition) is 7. The first kappa shape index (κ1) is 35.5. The van der Waals surface area contributed by atoms with E-state index in [1.807, 2.05) is 24.3 Å². The zero-order valence-electron chi connectivity index (χ0n) is 23.5. The molecule has 1 amide bonds. The van der Waals surface area contributed by atoms with E-state index in [0.29, 0.717) is 17.8 Å². The van der Waals surface area contributed by atoms with E-state index in [1.54, 1.807) is 18.2 Å². The Hall–Kier alpha value is -2.66. The minimum atomic E-state index is -3.81. The third-order valence-corrected chi connectivity index (χ3v) is 8.77. The molecule has 4 rings (SSSR count). The minimum absolute atomic E-state index is 0. The summed E-state index contributed by atoms with van der Waals surface area (Å²) < 4.78 is 26.7. The van der Waals surface area contributed by atoms with E-state index in [1.165, 1.54) is 5.56 Å². The maximum Gasteiger partial charge on any atom is 0.265 e. The van der Waals surface area contributed by atoms with E-state index in [-0.39, 0.29) is 49.5 Å². The molecule has 0 heterocycles. The second kappa shape index (κ2) is 16.8. The van der Waals surface area contributed by atoms with Gasteiger partial charge in [-0.15, -0.1) is 24.8 Å². The first-order valence-electron chi connectivity index (χ1n) is 13.9. The Kier molecular flexibility index (Phi) is 14.2. The van der Waals surface area contributed by atoms with Gasteiger partial charge in [-0.25, -0.2) is 13.1 Å². The van der Waals surface area contributed by atoms with Gasteiger partial charge in [0.05, 0.1) is 11.9 Å². The summed E-state index contributed by atoms with van der Waals surface area (Å²) in [5.74, 6) is -0.692. The van der Waals surface area contributed by atoms with Gasteiger partial charge in [0, 0.05) is 24.4 Å². The van der Waals surface area contributed by atoms with Crippen LogP contribution < -0.4 is 15.8 Å².